The van der Waals surface area contributed by atoms with Crippen molar-refractivity contribution in [2.24, 2.45) is 5.73 Å². The van der Waals surface area contributed by atoms with Gasteiger partial charge in [-0.2, -0.15) is 0 Å². The Morgan fingerprint density at radius 1 is 1.03 bits per heavy atom. The van der Waals surface area contributed by atoms with Gasteiger partial charge in [0.2, 0.25) is 11.8 Å². The van der Waals surface area contributed by atoms with E-state index < -0.39 is 11.9 Å². The highest BCUT2D eigenvalue weighted by Crippen LogP contribution is 2.42. The van der Waals surface area contributed by atoms with Crippen LogP contribution in [0.25, 0.3) is 11.1 Å². The van der Waals surface area contributed by atoms with Crippen molar-refractivity contribution >= 4 is 11.9 Å². The average molecular weight is 408 g/mol. The lowest BCUT2D eigenvalue weighted by Crippen LogP contribution is -2.34. The Balaban J connectivity index is 2.07. The number of esters is 1. The fourth-order valence-corrected chi connectivity index (χ4v) is 3.77. The third kappa shape index (κ3) is 4.32. The Hall–Kier alpha value is -3.28. The van der Waals surface area contributed by atoms with Crippen LogP contribution in [0.15, 0.2) is 60.0 Å². The quantitative estimate of drug-likeness (QED) is 0.705. The van der Waals surface area contributed by atoms with E-state index in [4.69, 9.17) is 15.2 Å². The van der Waals surface area contributed by atoms with Gasteiger partial charge in [-0.25, -0.2) is 4.79 Å². The van der Waals surface area contributed by atoms with Crippen molar-refractivity contribution in [3.63, 3.8) is 0 Å². The molecule has 1 aliphatic rings. The molecule has 1 amide bonds. The number of carbonyl (C=O) groups excluding carboxylic acids is 2. The summed E-state index contributed by atoms with van der Waals surface area (Å²) in [5, 5.41) is 0. The molecule has 2 N–H and O–H groups in total. The van der Waals surface area contributed by atoms with E-state index in [0.717, 1.165) is 16.7 Å². The molecule has 6 heteroatoms. The second-order valence-electron chi connectivity index (χ2n) is 7.04. The van der Waals surface area contributed by atoms with Gasteiger partial charge >= 0.3 is 5.97 Å². The van der Waals surface area contributed by atoms with Gasteiger partial charge < -0.3 is 20.1 Å². The lowest BCUT2D eigenvalue weighted by atomic mass is 9.84. The number of carbonyl (C=O) groups is 2. The Bertz CT molecular complexity index is 949. The van der Waals surface area contributed by atoms with Crippen LogP contribution in [-0.4, -0.2) is 36.5 Å². The summed E-state index contributed by atoms with van der Waals surface area (Å²) in [6.07, 6.45) is 0.116. The maximum Gasteiger partial charge on any atom is 0.340 e. The van der Waals surface area contributed by atoms with Crippen LogP contribution in [0.2, 0.25) is 0 Å². The number of fused-ring (bicyclic) bond motifs is 1. The Morgan fingerprint density at radius 2 is 1.73 bits per heavy atom. The summed E-state index contributed by atoms with van der Waals surface area (Å²) in [7, 11) is 0. The third-order valence-corrected chi connectivity index (χ3v) is 5.32. The van der Waals surface area contributed by atoms with Crippen LogP contribution in [0.5, 0.6) is 5.75 Å². The van der Waals surface area contributed by atoms with Crippen LogP contribution in [0.4, 0.5) is 0 Å². The molecular formula is C24H28N2O4. The molecule has 3 rings (SSSR count). The van der Waals surface area contributed by atoms with Gasteiger partial charge in [0, 0.05) is 31.0 Å². The summed E-state index contributed by atoms with van der Waals surface area (Å²) in [4.78, 5) is 27.4. The van der Waals surface area contributed by atoms with E-state index in [0.29, 0.717) is 18.8 Å². The molecule has 0 saturated carbocycles. The minimum Gasteiger partial charge on any atom is -0.462 e. The molecule has 0 radical (unpaired) electrons. The first-order valence-corrected chi connectivity index (χ1v) is 10.3. The highest BCUT2D eigenvalue weighted by Gasteiger charge is 2.36. The summed E-state index contributed by atoms with van der Waals surface area (Å²) in [5.41, 5.74) is 9.09. The van der Waals surface area contributed by atoms with Crippen molar-refractivity contribution in [1.29, 1.82) is 0 Å². The fourth-order valence-electron chi connectivity index (χ4n) is 3.77. The second kappa shape index (κ2) is 9.48. The number of benzene rings is 2. The van der Waals surface area contributed by atoms with Crippen LogP contribution in [0, 0.1) is 0 Å². The van der Waals surface area contributed by atoms with Crippen LogP contribution in [0.3, 0.4) is 0 Å². The lowest BCUT2D eigenvalue weighted by molar-refractivity contribution is -0.139. The minimum atomic E-state index is -0.553. The average Bonchev–Trinajstić information content (AvgIpc) is 2.75. The van der Waals surface area contributed by atoms with Gasteiger partial charge in [-0.05, 0) is 44.0 Å². The first-order valence-electron chi connectivity index (χ1n) is 10.3. The number of nitrogens with two attached hydrogens (primary N) is 1. The zero-order valence-corrected chi connectivity index (χ0v) is 17.7. The van der Waals surface area contributed by atoms with Crippen molar-refractivity contribution in [3.8, 4) is 16.9 Å². The third-order valence-electron chi connectivity index (χ3n) is 5.32. The van der Waals surface area contributed by atoms with Crippen molar-refractivity contribution in [2.75, 3.05) is 19.7 Å². The van der Waals surface area contributed by atoms with Gasteiger partial charge in [0.25, 0.3) is 0 Å². The summed E-state index contributed by atoms with van der Waals surface area (Å²) in [5.74, 6) is -0.589. The summed E-state index contributed by atoms with van der Waals surface area (Å²) in [6, 6.07) is 15.7. The summed E-state index contributed by atoms with van der Waals surface area (Å²) >= 11 is 0. The van der Waals surface area contributed by atoms with E-state index in [1.165, 1.54) is 0 Å². The van der Waals surface area contributed by atoms with Crippen LogP contribution < -0.4 is 10.5 Å². The maximum atomic E-state index is 12.9. The van der Waals surface area contributed by atoms with Gasteiger partial charge in [0.1, 0.15) is 11.3 Å². The highest BCUT2D eigenvalue weighted by atomic mass is 16.5. The molecule has 0 aromatic heterocycles. The van der Waals surface area contributed by atoms with Gasteiger partial charge in [-0.15, -0.1) is 0 Å². The van der Waals surface area contributed by atoms with Crippen molar-refractivity contribution in [2.45, 2.75) is 33.1 Å². The molecule has 6 nitrogen and oxygen atoms in total. The van der Waals surface area contributed by atoms with Gasteiger partial charge in [0.05, 0.1) is 6.61 Å². The molecule has 1 atom stereocenters. The zero-order valence-electron chi connectivity index (χ0n) is 17.7. The smallest absolute Gasteiger partial charge is 0.340 e. The normalized spacial score (nSPS) is 15.2. The second-order valence-corrected chi connectivity index (χ2v) is 7.04. The highest BCUT2D eigenvalue weighted by molar-refractivity contribution is 5.93. The number of rotatable bonds is 7. The number of nitrogens with zero attached hydrogens (tertiary/aromatic N) is 1. The molecule has 158 valence electrons. The molecule has 0 fully saturated rings. The van der Waals surface area contributed by atoms with E-state index in [1.807, 2.05) is 62.4 Å². The molecule has 0 spiro atoms. The molecule has 1 heterocycles. The van der Waals surface area contributed by atoms with E-state index in [-0.39, 0.29) is 30.4 Å². The lowest BCUT2D eigenvalue weighted by Gasteiger charge is -2.30. The maximum absolute atomic E-state index is 12.9. The predicted octanol–water partition coefficient (Wildman–Crippen LogP) is 3.82. The van der Waals surface area contributed by atoms with E-state index in [2.05, 4.69) is 0 Å². The molecule has 0 bridgehead atoms. The van der Waals surface area contributed by atoms with Gasteiger partial charge in [0.15, 0.2) is 0 Å². The van der Waals surface area contributed by atoms with Crippen LogP contribution >= 0.6 is 0 Å². The van der Waals surface area contributed by atoms with Crippen molar-refractivity contribution in [1.82, 2.24) is 4.90 Å². The molecule has 1 unspecified atom stereocenters. The Morgan fingerprint density at radius 3 is 2.37 bits per heavy atom. The molecule has 2 aromatic carbocycles. The topological polar surface area (TPSA) is 81.9 Å². The molecule has 30 heavy (non-hydrogen) atoms. The van der Waals surface area contributed by atoms with Crippen LogP contribution in [0.1, 0.15) is 38.7 Å². The van der Waals surface area contributed by atoms with Gasteiger partial charge in [-0.3, -0.25) is 4.79 Å². The van der Waals surface area contributed by atoms with Crippen LogP contribution in [-0.2, 0) is 14.3 Å². The standard InChI is InChI=1S/C24H28N2O4/c1-4-26(5-2)21(27)15-19-18-14-17(16-10-8-7-9-11-16)12-13-20(18)30-23(25)22(19)24(28)29-6-3/h7-14,19H,4-6,15,25H2,1-3H3. The first kappa shape index (κ1) is 21.4. The molecule has 1 aliphatic heterocycles. The largest absolute Gasteiger partial charge is 0.462 e. The zero-order chi connectivity index (χ0) is 21.7. The number of ether oxygens (including phenoxy) is 2. The van der Waals surface area contributed by atoms with Crippen molar-refractivity contribution < 1.29 is 19.1 Å². The van der Waals surface area contributed by atoms with E-state index in [1.54, 1.807) is 11.8 Å². The number of hydrogen-bond donors (Lipinski definition) is 1. The minimum absolute atomic E-state index is 0.00856. The van der Waals surface area contributed by atoms with Crippen molar-refractivity contribution in [3.05, 3.63) is 65.6 Å². The summed E-state index contributed by atoms with van der Waals surface area (Å²) in [6.45, 7) is 7.01. The van der Waals surface area contributed by atoms with E-state index in [9.17, 15) is 9.59 Å². The monoisotopic (exact) mass is 408 g/mol. The molecule has 0 saturated heterocycles. The number of amides is 1. The Kier molecular flexibility index (Phi) is 6.77. The number of hydrogen-bond acceptors (Lipinski definition) is 5. The fraction of sp³-hybridized carbons (Fsp3) is 0.333. The SMILES string of the molecule is CCOC(=O)C1=C(N)Oc2ccc(-c3ccccc3)cc2C1CC(=O)N(CC)CC. The van der Waals surface area contributed by atoms with E-state index >= 15 is 0 Å². The molecular weight excluding hydrogens is 380 g/mol. The van der Waals surface area contributed by atoms with Gasteiger partial charge in [-0.1, -0.05) is 36.4 Å². The first-order chi connectivity index (χ1) is 14.5. The summed E-state index contributed by atoms with van der Waals surface area (Å²) < 4.78 is 11.0. The molecule has 2 aromatic rings. The Labute approximate surface area is 177 Å². The predicted molar refractivity (Wildman–Crippen MR) is 116 cm³/mol. The molecule has 0 aliphatic carbocycles.